The summed E-state index contributed by atoms with van der Waals surface area (Å²) in [6, 6.07) is 9.64. The minimum absolute atomic E-state index is 0.0855. The number of H-pyrrole nitrogens is 1. The molecule has 0 spiro atoms. The molecule has 1 saturated heterocycles. The molecule has 2 amide bonds. The molecule has 4 N–H and O–H groups in total. The van der Waals surface area contributed by atoms with E-state index in [-0.39, 0.29) is 17.8 Å². The standard InChI is InChI=1S/C22H22N6O3S2/c23-19(30)15-7-9-32-21(15)25-18(29)12-33-22-27-26-20(28(22)11-13-4-3-8-31-13)16-10-24-17-6-2-1-5-14(16)17/h1-2,5-7,9-10,13,24H,3-4,8,11-12H2,(H2,23,30)(H,25,29)/t13-/m0/s1. The number of ether oxygens (including phenoxy) is 1. The lowest BCUT2D eigenvalue weighted by Gasteiger charge is -2.14. The molecule has 4 heterocycles. The number of rotatable bonds is 8. The molecule has 0 saturated carbocycles. The number of nitrogens with zero attached hydrogens (tertiary/aromatic N) is 3. The van der Waals surface area contributed by atoms with Gasteiger partial charge in [0, 0.05) is 29.3 Å². The van der Waals surface area contributed by atoms with Gasteiger partial charge in [0.25, 0.3) is 5.91 Å². The summed E-state index contributed by atoms with van der Waals surface area (Å²) >= 11 is 2.56. The van der Waals surface area contributed by atoms with Crippen LogP contribution in [0.2, 0.25) is 0 Å². The Hall–Kier alpha value is -3.15. The van der Waals surface area contributed by atoms with Crippen molar-refractivity contribution < 1.29 is 14.3 Å². The molecule has 0 unspecified atom stereocenters. The number of nitrogens with one attached hydrogen (secondary N) is 2. The second kappa shape index (κ2) is 9.38. The van der Waals surface area contributed by atoms with Gasteiger partial charge in [-0.15, -0.1) is 21.5 Å². The highest BCUT2D eigenvalue weighted by molar-refractivity contribution is 7.99. The van der Waals surface area contributed by atoms with Gasteiger partial charge in [0.15, 0.2) is 11.0 Å². The maximum atomic E-state index is 12.6. The predicted molar refractivity (Wildman–Crippen MR) is 128 cm³/mol. The SMILES string of the molecule is NC(=O)c1ccsc1NC(=O)CSc1nnc(-c2c[nH]c3ccccc23)n1C[C@@H]1CCCO1. The van der Waals surface area contributed by atoms with E-state index in [0.717, 1.165) is 41.7 Å². The molecule has 0 bridgehead atoms. The Kier molecular flexibility index (Phi) is 6.16. The maximum absolute atomic E-state index is 12.6. The van der Waals surface area contributed by atoms with Gasteiger partial charge in [-0.3, -0.25) is 14.2 Å². The van der Waals surface area contributed by atoms with Crippen LogP contribution in [-0.2, 0) is 16.1 Å². The van der Waals surface area contributed by atoms with Crippen molar-refractivity contribution in [2.45, 2.75) is 30.6 Å². The second-order valence-electron chi connectivity index (χ2n) is 7.66. The third kappa shape index (κ3) is 4.52. The number of carbonyl (C=O) groups is 2. The minimum atomic E-state index is -0.570. The molecule has 4 aromatic rings. The van der Waals surface area contributed by atoms with Crippen LogP contribution in [0.4, 0.5) is 5.00 Å². The molecular weight excluding hydrogens is 460 g/mol. The Balaban J connectivity index is 1.38. The quantitative estimate of drug-likeness (QED) is 0.330. The summed E-state index contributed by atoms with van der Waals surface area (Å²) in [5, 5.41) is 15.5. The first kappa shape index (κ1) is 21.7. The number of benzene rings is 1. The number of thioether (sulfide) groups is 1. The van der Waals surface area contributed by atoms with Crippen molar-refractivity contribution in [3.05, 3.63) is 47.5 Å². The number of fused-ring (bicyclic) bond motifs is 1. The average Bonchev–Trinajstić information content (AvgIpc) is 3.60. The van der Waals surface area contributed by atoms with E-state index in [1.165, 1.54) is 23.1 Å². The smallest absolute Gasteiger partial charge is 0.251 e. The molecule has 9 nitrogen and oxygen atoms in total. The predicted octanol–water partition coefficient (Wildman–Crippen LogP) is 3.50. The van der Waals surface area contributed by atoms with E-state index < -0.39 is 5.91 Å². The van der Waals surface area contributed by atoms with Crippen LogP contribution in [0.5, 0.6) is 0 Å². The first-order chi connectivity index (χ1) is 16.1. The van der Waals surface area contributed by atoms with Crippen molar-refractivity contribution in [2.24, 2.45) is 5.73 Å². The third-order valence-corrected chi connectivity index (χ3v) is 7.27. The van der Waals surface area contributed by atoms with E-state index in [0.29, 0.717) is 22.3 Å². The highest BCUT2D eigenvalue weighted by Gasteiger charge is 2.23. The van der Waals surface area contributed by atoms with Crippen molar-refractivity contribution in [1.29, 1.82) is 0 Å². The van der Waals surface area contributed by atoms with Crippen LogP contribution in [0.3, 0.4) is 0 Å². The van der Waals surface area contributed by atoms with Crippen LogP contribution in [0.1, 0.15) is 23.2 Å². The lowest BCUT2D eigenvalue weighted by molar-refractivity contribution is -0.113. The van der Waals surface area contributed by atoms with E-state index in [9.17, 15) is 9.59 Å². The molecule has 1 atom stereocenters. The van der Waals surface area contributed by atoms with E-state index in [2.05, 4.69) is 20.5 Å². The van der Waals surface area contributed by atoms with Crippen LogP contribution in [0, 0.1) is 0 Å². The van der Waals surface area contributed by atoms with Gasteiger partial charge in [0.1, 0.15) is 5.00 Å². The summed E-state index contributed by atoms with van der Waals surface area (Å²) in [6.45, 7) is 1.37. The number of aromatic amines is 1. The van der Waals surface area contributed by atoms with Gasteiger partial charge >= 0.3 is 0 Å². The summed E-state index contributed by atoms with van der Waals surface area (Å²) < 4.78 is 7.89. The number of hydrogen-bond acceptors (Lipinski definition) is 7. The van der Waals surface area contributed by atoms with Gasteiger partial charge in [0.2, 0.25) is 5.91 Å². The van der Waals surface area contributed by atoms with Crippen LogP contribution in [-0.4, -0.2) is 50.0 Å². The molecule has 11 heteroatoms. The minimum Gasteiger partial charge on any atom is -0.376 e. The lowest BCUT2D eigenvalue weighted by Crippen LogP contribution is -2.19. The maximum Gasteiger partial charge on any atom is 0.251 e. The Morgan fingerprint density at radius 2 is 2.18 bits per heavy atom. The Bertz CT molecular complexity index is 1300. The molecular formula is C22H22N6O3S2. The fraction of sp³-hybridized carbons (Fsp3) is 0.273. The van der Waals surface area contributed by atoms with Crippen LogP contribution < -0.4 is 11.1 Å². The summed E-state index contributed by atoms with van der Waals surface area (Å²) in [7, 11) is 0. The number of para-hydroxylation sites is 1. The number of anilines is 1. The molecule has 170 valence electrons. The molecule has 1 aromatic carbocycles. The van der Waals surface area contributed by atoms with E-state index >= 15 is 0 Å². The van der Waals surface area contributed by atoms with Gasteiger partial charge in [-0.2, -0.15) is 0 Å². The Labute approximate surface area is 197 Å². The lowest BCUT2D eigenvalue weighted by atomic mass is 10.1. The molecule has 0 aliphatic carbocycles. The number of thiophene rings is 1. The molecule has 0 radical (unpaired) electrons. The second-order valence-corrected chi connectivity index (χ2v) is 9.52. The molecule has 33 heavy (non-hydrogen) atoms. The largest absolute Gasteiger partial charge is 0.376 e. The van der Waals surface area contributed by atoms with E-state index in [1.54, 1.807) is 11.4 Å². The Morgan fingerprint density at radius 3 is 3.00 bits per heavy atom. The highest BCUT2D eigenvalue weighted by atomic mass is 32.2. The van der Waals surface area contributed by atoms with Crippen LogP contribution >= 0.6 is 23.1 Å². The average molecular weight is 483 g/mol. The molecule has 5 rings (SSSR count). The number of hydrogen-bond donors (Lipinski definition) is 3. The topological polar surface area (TPSA) is 128 Å². The normalized spacial score (nSPS) is 15.8. The number of carbonyl (C=O) groups excluding carboxylic acids is 2. The summed E-state index contributed by atoms with van der Waals surface area (Å²) in [4.78, 5) is 27.3. The zero-order valence-electron chi connectivity index (χ0n) is 17.6. The molecule has 1 aliphatic rings. The highest BCUT2D eigenvalue weighted by Crippen LogP contribution is 2.31. The van der Waals surface area contributed by atoms with Gasteiger partial charge < -0.3 is 20.8 Å². The van der Waals surface area contributed by atoms with Crippen LogP contribution in [0.15, 0.2) is 47.1 Å². The Morgan fingerprint density at radius 1 is 1.30 bits per heavy atom. The van der Waals surface area contributed by atoms with Gasteiger partial charge in [-0.05, 0) is 30.4 Å². The van der Waals surface area contributed by atoms with Crippen molar-refractivity contribution in [2.75, 3.05) is 17.7 Å². The molecule has 1 fully saturated rings. The zero-order chi connectivity index (χ0) is 22.8. The van der Waals surface area contributed by atoms with Crippen molar-refractivity contribution >= 4 is 50.8 Å². The van der Waals surface area contributed by atoms with Gasteiger partial charge in [0.05, 0.1) is 24.0 Å². The third-order valence-electron chi connectivity index (χ3n) is 5.47. The summed E-state index contributed by atoms with van der Waals surface area (Å²) in [5.74, 6) is 0.0393. The molecule has 3 aromatic heterocycles. The zero-order valence-corrected chi connectivity index (χ0v) is 19.2. The number of nitrogens with two attached hydrogens (primary N) is 1. The fourth-order valence-corrected chi connectivity index (χ4v) is 5.46. The van der Waals surface area contributed by atoms with Crippen molar-refractivity contribution in [3.8, 4) is 11.4 Å². The van der Waals surface area contributed by atoms with Gasteiger partial charge in [-0.1, -0.05) is 30.0 Å². The first-order valence-electron chi connectivity index (χ1n) is 10.5. The summed E-state index contributed by atoms with van der Waals surface area (Å²) in [5.41, 5.74) is 7.65. The van der Waals surface area contributed by atoms with Crippen molar-refractivity contribution in [3.63, 3.8) is 0 Å². The number of amides is 2. The number of aromatic nitrogens is 4. The van der Waals surface area contributed by atoms with E-state index in [4.69, 9.17) is 10.5 Å². The monoisotopic (exact) mass is 482 g/mol. The summed E-state index contributed by atoms with van der Waals surface area (Å²) in [6.07, 6.45) is 4.03. The molecule has 1 aliphatic heterocycles. The van der Waals surface area contributed by atoms with Gasteiger partial charge in [-0.25, -0.2) is 0 Å². The van der Waals surface area contributed by atoms with Crippen LogP contribution in [0.25, 0.3) is 22.3 Å². The first-order valence-corrected chi connectivity index (χ1v) is 12.4. The van der Waals surface area contributed by atoms with E-state index in [1.807, 2.05) is 35.0 Å². The number of primary amides is 1. The van der Waals surface area contributed by atoms with Crippen molar-refractivity contribution in [1.82, 2.24) is 19.7 Å². The fourth-order valence-electron chi connectivity index (χ4n) is 3.90.